The van der Waals surface area contributed by atoms with Gasteiger partial charge < -0.3 is 19.6 Å². The lowest BCUT2D eigenvalue weighted by molar-refractivity contribution is 0.275. The van der Waals surface area contributed by atoms with Crippen LogP contribution in [0.2, 0.25) is 0 Å². The molecule has 1 aromatic rings. The van der Waals surface area contributed by atoms with Crippen molar-refractivity contribution in [3.8, 4) is 0 Å². The molecule has 0 aliphatic carbocycles. The molecular formula is C11H16ClN2O4PS. The van der Waals surface area contributed by atoms with Gasteiger partial charge in [0.2, 0.25) is 0 Å². The predicted molar refractivity (Wildman–Crippen MR) is 82.2 cm³/mol. The second-order valence-corrected chi connectivity index (χ2v) is 6.23. The first-order chi connectivity index (χ1) is 8.93. The number of amidine groups is 1. The zero-order chi connectivity index (χ0) is 13.9. The van der Waals surface area contributed by atoms with Crippen LogP contribution in [0.1, 0.15) is 11.6 Å². The first kappa shape index (κ1) is 17.5. The number of rotatable bonds is 1. The van der Waals surface area contributed by atoms with Crippen LogP contribution in [0.15, 0.2) is 35.3 Å². The molecule has 1 aromatic carbocycles. The normalized spacial score (nSPS) is 20.4. The monoisotopic (exact) mass is 338 g/mol. The second kappa shape index (κ2) is 7.45. The highest BCUT2D eigenvalue weighted by atomic mass is 35.5. The Bertz CT molecular complexity index is 502. The maximum Gasteiger partial charge on any atom is 0.466 e. The molecule has 0 unspecified atom stereocenters. The van der Waals surface area contributed by atoms with E-state index in [0.717, 1.165) is 6.54 Å². The van der Waals surface area contributed by atoms with E-state index in [2.05, 4.69) is 35.2 Å². The van der Waals surface area contributed by atoms with Crippen LogP contribution >= 0.6 is 32.0 Å². The standard InChI is InChI=1S/C11H12N2S.ClH.H3O4P/c1-2-4-9(5-3-1)10-8-13-6-7-14-11(13)12-10;;1-5(2,3)4/h1-5,10H,6-8H2;1H;(H3,1,2,3,4)/t10-;;/m1../s1. The topological polar surface area (TPSA) is 93.4 Å². The molecule has 9 heteroatoms. The van der Waals surface area contributed by atoms with Crippen molar-refractivity contribution in [2.75, 3.05) is 18.8 Å². The predicted octanol–water partition coefficient (Wildman–Crippen LogP) is 1.64. The lowest BCUT2D eigenvalue weighted by Crippen LogP contribution is -2.21. The maximum atomic E-state index is 8.88. The molecular weight excluding hydrogens is 323 g/mol. The number of halogens is 1. The highest BCUT2D eigenvalue weighted by molar-refractivity contribution is 8.14. The van der Waals surface area contributed by atoms with Gasteiger partial charge in [-0.3, -0.25) is 4.99 Å². The Morgan fingerprint density at radius 3 is 2.40 bits per heavy atom. The lowest BCUT2D eigenvalue weighted by atomic mass is 10.1. The average molecular weight is 339 g/mol. The van der Waals surface area contributed by atoms with Crippen molar-refractivity contribution in [1.82, 2.24) is 4.90 Å². The van der Waals surface area contributed by atoms with Gasteiger partial charge in [0.15, 0.2) is 5.17 Å². The number of nitrogens with zero attached hydrogens (tertiary/aromatic N) is 2. The van der Waals surface area contributed by atoms with Crippen LogP contribution < -0.4 is 0 Å². The molecule has 3 N–H and O–H groups in total. The molecule has 0 radical (unpaired) electrons. The summed E-state index contributed by atoms with van der Waals surface area (Å²) >= 11 is 1.89. The van der Waals surface area contributed by atoms with E-state index in [9.17, 15) is 0 Å². The van der Waals surface area contributed by atoms with Crippen molar-refractivity contribution < 1.29 is 19.2 Å². The summed E-state index contributed by atoms with van der Waals surface area (Å²) in [6.45, 7) is 2.25. The van der Waals surface area contributed by atoms with Crippen molar-refractivity contribution in [3.63, 3.8) is 0 Å². The minimum atomic E-state index is -4.64. The van der Waals surface area contributed by atoms with E-state index in [0.29, 0.717) is 6.04 Å². The van der Waals surface area contributed by atoms with Gasteiger partial charge in [0.1, 0.15) is 0 Å². The zero-order valence-corrected chi connectivity index (χ0v) is 13.0. The minimum absolute atomic E-state index is 0. The van der Waals surface area contributed by atoms with E-state index in [4.69, 9.17) is 24.2 Å². The van der Waals surface area contributed by atoms with Crippen LogP contribution in [0, 0.1) is 0 Å². The third kappa shape index (κ3) is 5.44. The Balaban J connectivity index is 0.000000293. The smallest absolute Gasteiger partial charge is 0.348 e. The number of benzene rings is 1. The van der Waals surface area contributed by atoms with E-state index in [1.165, 1.54) is 23.0 Å². The molecule has 0 amide bonds. The van der Waals surface area contributed by atoms with Crippen LogP contribution in [0.4, 0.5) is 0 Å². The number of fused-ring (bicyclic) bond motifs is 1. The fourth-order valence-electron chi connectivity index (χ4n) is 1.96. The second-order valence-electron chi connectivity index (χ2n) is 4.15. The van der Waals surface area contributed by atoms with Crippen LogP contribution in [0.3, 0.4) is 0 Å². The summed E-state index contributed by atoms with van der Waals surface area (Å²) in [7, 11) is -4.64. The van der Waals surface area contributed by atoms with Crippen molar-refractivity contribution in [1.29, 1.82) is 0 Å². The van der Waals surface area contributed by atoms with Crippen molar-refractivity contribution >= 4 is 37.2 Å². The van der Waals surface area contributed by atoms with Crippen LogP contribution in [0.25, 0.3) is 0 Å². The zero-order valence-electron chi connectivity index (χ0n) is 10.5. The summed E-state index contributed by atoms with van der Waals surface area (Å²) in [6, 6.07) is 10.9. The molecule has 1 atom stereocenters. The summed E-state index contributed by atoms with van der Waals surface area (Å²) in [5, 5.41) is 1.25. The SMILES string of the molecule is Cl.O=P(O)(O)O.c1ccc([C@H]2CN3CCSC3=N2)cc1. The Kier molecular flexibility index (Phi) is 6.51. The van der Waals surface area contributed by atoms with Gasteiger partial charge in [-0.05, 0) is 5.56 Å². The van der Waals surface area contributed by atoms with Gasteiger partial charge in [0.05, 0.1) is 6.04 Å². The number of hydrogen-bond donors (Lipinski definition) is 3. The highest BCUT2D eigenvalue weighted by Gasteiger charge is 2.29. The van der Waals surface area contributed by atoms with E-state index in [1.807, 2.05) is 11.8 Å². The average Bonchev–Trinajstić information content (AvgIpc) is 2.87. The molecule has 112 valence electrons. The number of hydrogen-bond acceptors (Lipinski definition) is 4. The third-order valence-electron chi connectivity index (χ3n) is 2.71. The summed E-state index contributed by atoms with van der Waals surface area (Å²) in [5.74, 6) is 1.21. The Hall–Kier alpha value is -0.560. The number of phosphoric acid groups is 1. The van der Waals surface area contributed by atoms with E-state index < -0.39 is 7.82 Å². The molecule has 6 nitrogen and oxygen atoms in total. The van der Waals surface area contributed by atoms with Crippen molar-refractivity contribution in [3.05, 3.63) is 35.9 Å². The molecule has 2 aliphatic heterocycles. The van der Waals surface area contributed by atoms with Gasteiger partial charge in [0.25, 0.3) is 0 Å². The van der Waals surface area contributed by atoms with Gasteiger partial charge in [0, 0.05) is 18.8 Å². The van der Waals surface area contributed by atoms with Crippen molar-refractivity contribution in [2.24, 2.45) is 4.99 Å². The largest absolute Gasteiger partial charge is 0.466 e. The van der Waals surface area contributed by atoms with Crippen molar-refractivity contribution in [2.45, 2.75) is 6.04 Å². The maximum absolute atomic E-state index is 8.88. The molecule has 20 heavy (non-hydrogen) atoms. The molecule has 1 fully saturated rings. The Morgan fingerprint density at radius 2 is 1.85 bits per heavy atom. The van der Waals surface area contributed by atoms with Gasteiger partial charge >= 0.3 is 7.82 Å². The third-order valence-corrected chi connectivity index (χ3v) is 3.72. The Morgan fingerprint density at radius 1 is 1.25 bits per heavy atom. The summed E-state index contributed by atoms with van der Waals surface area (Å²) in [6.07, 6.45) is 0. The fourth-order valence-corrected chi connectivity index (χ4v) is 3.00. The van der Waals surface area contributed by atoms with E-state index in [1.54, 1.807) is 0 Å². The van der Waals surface area contributed by atoms with E-state index in [-0.39, 0.29) is 12.4 Å². The molecule has 2 heterocycles. The van der Waals surface area contributed by atoms with E-state index >= 15 is 0 Å². The van der Waals surface area contributed by atoms with Crippen LogP contribution in [0.5, 0.6) is 0 Å². The molecule has 0 saturated carbocycles. The molecule has 1 saturated heterocycles. The summed E-state index contributed by atoms with van der Waals surface area (Å²) < 4.78 is 8.88. The number of thioether (sulfide) groups is 1. The molecule has 0 spiro atoms. The van der Waals surface area contributed by atoms with Gasteiger partial charge in [-0.15, -0.1) is 12.4 Å². The van der Waals surface area contributed by atoms with Crippen LogP contribution in [-0.2, 0) is 4.57 Å². The van der Waals surface area contributed by atoms with Crippen LogP contribution in [-0.4, -0.2) is 43.6 Å². The number of aliphatic imine (C=N–C) groups is 1. The highest BCUT2D eigenvalue weighted by Crippen LogP contribution is 2.31. The molecule has 0 bridgehead atoms. The molecule has 2 aliphatic rings. The quantitative estimate of drug-likeness (QED) is 0.674. The minimum Gasteiger partial charge on any atom is -0.348 e. The fraction of sp³-hybridized carbons (Fsp3) is 0.364. The first-order valence-corrected chi connectivity index (χ1v) is 8.27. The lowest BCUT2D eigenvalue weighted by Gasteiger charge is -2.12. The van der Waals surface area contributed by atoms with Gasteiger partial charge in [-0.1, -0.05) is 42.1 Å². The summed E-state index contributed by atoms with van der Waals surface area (Å²) in [4.78, 5) is 28.7. The first-order valence-electron chi connectivity index (χ1n) is 5.72. The Labute approximate surface area is 127 Å². The summed E-state index contributed by atoms with van der Waals surface area (Å²) in [5.41, 5.74) is 1.34. The van der Waals surface area contributed by atoms with Gasteiger partial charge in [-0.25, -0.2) is 4.57 Å². The molecule has 3 rings (SSSR count). The van der Waals surface area contributed by atoms with Gasteiger partial charge in [-0.2, -0.15) is 0 Å². The molecule has 0 aromatic heterocycles.